The summed E-state index contributed by atoms with van der Waals surface area (Å²) < 4.78 is 6.33. The zero-order chi connectivity index (χ0) is 16.4. The number of benzene rings is 1. The van der Waals surface area contributed by atoms with Crippen molar-refractivity contribution in [3.05, 3.63) is 24.3 Å². The molecule has 23 heavy (non-hydrogen) atoms. The van der Waals surface area contributed by atoms with Gasteiger partial charge in [0.15, 0.2) is 5.13 Å². The van der Waals surface area contributed by atoms with Gasteiger partial charge in [0.1, 0.15) is 0 Å². The van der Waals surface area contributed by atoms with Gasteiger partial charge in [-0.25, -0.2) is 9.78 Å². The number of fused-ring (bicyclic) bond motifs is 1. The molecule has 0 spiro atoms. The first-order chi connectivity index (χ1) is 11.1. The average Bonchev–Trinajstić information content (AvgIpc) is 2.98. The van der Waals surface area contributed by atoms with E-state index in [9.17, 15) is 4.79 Å². The minimum absolute atomic E-state index is 0.194. The standard InChI is InChI=1S/C17H23N3O2S/c1-4-22-17(21)20-10-9-14(12(2)11-20)19(3)16-18-13-7-5-6-8-15(13)23-16/h5-8,12,14H,4,9-11H2,1-3H3. The van der Waals surface area contributed by atoms with Crippen LogP contribution in [0.3, 0.4) is 0 Å². The molecule has 6 heteroatoms. The summed E-state index contributed by atoms with van der Waals surface area (Å²) in [5.74, 6) is 0.380. The number of hydrogen-bond donors (Lipinski definition) is 0. The smallest absolute Gasteiger partial charge is 0.409 e. The highest BCUT2D eigenvalue weighted by atomic mass is 32.1. The number of aromatic nitrogens is 1. The second-order valence-electron chi connectivity index (χ2n) is 6.05. The van der Waals surface area contributed by atoms with Crippen molar-refractivity contribution < 1.29 is 9.53 Å². The van der Waals surface area contributed by atoms with Crippen LogP contribution < -0.4 is 4.90 Å². The summed E-state index contributed by atoms with van der Waals surface area (Å²) in [5.41, 5.74) is 1.05. The highest BCUT2D eigenvalue weighted by Crippen LogP contribution is 2.32. The fourth-order valence-corrected chi connectivity index (χ4v) is 4.23. The van der Waals surface area contributed by atoms with Crippen LogP contribution in [-0.2, 0) is 4.74 Å². The van der Waals surface area contributed by atoms with Gasteiger partial charge in [-0.15, -0.1) is 0 Å². The number of amides is 1. The molecule has 2 atom stereocenters. The molecule has 1 aliphatic heterocycles. The molecule has 1 amide bonds. The van der Waals surface area contributed by atoms with Gasteiger partial charge in [0.25, 0.3) is 0 Å². The van der Waals surface area contributed by atoms with Crippen LogP contribution in [0.25, 0.3) is 10.2 Å². The molecule has 1 fully saturated rings. The maximum atomic E-state index is 11.9. The number of carbonyl (C=O) groups excluding carboxylic acids is 1. The zero-order valence-electron chi connectivity index (χ0n) is 13.9. The van der Waals surface area contributed by atoms with E-state index in [-0.39, 0.29) is 6.09 Å². The lowest BCUT2D eigenvalue weighted by atomic mass is 9.93. The van der Waals surface area contributed by atoms with Crippen LogP contribution in [0.15, 0.2) is 24.3 Å². The molecule has 5 nitrogen and oxygen atoms in total. The van der Waals surface area contributed by atoms with Crippen LogP contribution in [-0.4, -0.2) is 48.8 Å². The summed E-state index contributed by atoms with van der Waals surface area (Å²) in [4.78, 5) is 20.7. The number of para-hydroxylation sites is 1. The highest BCUT2D eigenvalue weighted by molar-refractivity contribution is 7.22. The fourth-order valence-electron chi connectivity index (χ4n) is 3.24. The van der Waals surface area contributed by atoms with Crippen molar-refractivity contribution in [2.45, 2.75) is 26.3 Å². The predicted octanol–water partition coefficient (Wildman–Crippen LogP) is 3.60. The fraction of sp³-hybridized carbons (Fsp3) is 0.529. The Morgan fingerprint density at radius 1 is 1.48 bits per heavy atom. The summed E-state index contributed by atoms with van der Waals surface area (Å²) in [6.07, 6.45) is 0.743. The number of anilines is 1. The third-order valence-electron chi connectivity index (χ3n) is 4.47. The van der Waals surface area contributed by atoms with E-state index in [1.54, 1.807) is 11.3 Å². The molecule has 1 aromatic heterocycles. The van der Waals surface area contributed by atoms with Crippen LogP contribution in [0.2, 0.25) is 0 Å². The first kappa shape index (κ1) is 16.1. The van der Waals surface area contributed by atoms with Crippen LogP contribution in [0, 0.1) is 5.92 Å². The molecule has 0 aliphatic carbocycles. The number of likely N-dealkylation sites (tertiary alicyclic amines) is 1. The van der Waals surface area contributed by atoms with E-state index in [0.29, 0.717) is 18.6 Å². The third kappa shape index (κ3) is 3.27. The SMILES string of the molecule is CCOC(=O)N1CCC(N(C)c2nc3ccccc3s2)C(C)C1. The van der Waals surface area contributed by atoms with Crippen LogP contribution in [0.5, 0.6) is 0 Å². The Balaban J connectivity index is 1.70. The Bertz CT molecular complexity index is 654. The Morgan fingerprint density at radius 3 is 2.96 bits per heavy atom. The van der Waals surface area contributed by atoms with Gasteiger partial charge in [-0.1, -0.05) is 30.4 Å². The van der Waals surface area contributed by atoms with Crippen molar-refractivity contribution >= 4 is 32.8 Å². The van der Waals surface area contributed by atoms with Crippen molar-refractivity contribution in [1.29, 1.82) is 0 Å². The average molecular weight is 333 g/mol. The Labute approximate surface area is 140 Å². The quantitative estimate of drug-likeness (QED) is 0.861. The highest BCUT2D eigenvalue weighted by Gasteiger charge is 2.32. The summed E-state index contributed by atoms with van der Waals surface area (Å²) in [7, 11) is 2.11. The van der Waals surface area contributed by atoms with Crippen molar-refractivity contribution in [2.24, 2.45) is 5.92 Å². The number of nitrogens with zero attached hydrogens (tertiary/aromatic N) is 3. The lowest BCUT2D eigenvalue weighted by Gasteiger charge is -2.40. The number of ether oxygens (including phenoxy) is 1. The lowest BCUT2D eigenvalue weighted by Crippen LogP contribution is -2.50. The van der Waals surface area contributed by atoms with Crippen molar-refractivity contribution in [3.8, 4) is 0 Å². The second kappa shape index (κ2) is 6.74. The Kier molecular flexibility index (Phi) is 4.71. The van der Waals surface area contributed by atoms with Gasteiger partial charge in [0, 0.05) is 26.2 Å². The molecule has 124 valence electrons. The Hall–Kier alpha value is -1.82. The zero-order valence-corrected chi connectivity index (χ0v) is 14.7. The number of piperidine rings is 1. The molecule has 0 N–H and O–H groups in total. The largest absolute Gasteiger partial charge is 0.450 e. The van der Waals surface area contributed by atoms with E-state index < -0.39 is 0 Å². The molecule has 1 aliphatic rings. The normalized spacial score (nSPS) is 21.4. The van der Waals surface area contributed by atoms with Crippen molar-refractivity contribution in [3.63, 3.8) is 0 Å². The molecule has 2 aromatic rings. The van der Waals surface area contributed by atoms with Gasteiger partial charge < -0.3 is 14.5 Å². The number of carbonyl (C=O) groups is 1. The maximum Gasteiger partial charge on any atom is 0.409 e. The summed E-state index contributed by atoms with van der Waals surface area (Å²) in [6.45, 7) is 5.94. The minimum Gasteiger partial charge on any atom is -0.450 e. The van der Waals surface area contributed by atoms with Crippen molar-refractivity contribution in [2.75, 3.05) is 31.6 Å². The molecule has 0 saturated carbocycles. The third-order valence-corrected chi connectivity index (χ3v) is 5.59. The first-order valence-corrected chi connectivity index (χ1v) is 8.92. The number of hydrogen-bond acceptors (Lipinski definition) is 5. The molecular weight excluding hydrogens is 310 g/mol. The molecule has 0 bridgehead atoms. The maximum absolute atomic E-state index is 11.9. The van der Waals surface area contributed by atoms with Gasteiger partial charge in [0.2, 0.25) is 0 Å². The summed E-state index contributed by atoms with van der Waals surface area (Å²) in [5, 5.41) is 1.05. The molecule has 2 heterocycles. The molecule has 2 unspecified atom stereocenters. The number of thiazole rings is 1. The van der Waals surface area contributed by atoms with Gasteiger partial charge in [-0.3, -0.25) is 0 Å². The van der Waals surface area contributed by atoms with E-state index in [1.165, 1.54) is 4.70 Å². The van der Waals surface area contributed by atoms with E-state index in [0.717, 1.165) is 30.2 Å². The van der Waals surface area contributed by atoms with E-state index in [4.69, 9.17) is 9.72 Å². The summed E-state index contributed by atoms with van der Waals surface area (Å²) in [6, 6.07) is 8.62. The van der Waals surface area contributed by atoms with E-state index in [1.807, 2.05) is 24.0 Å². The number of rotatable bonds is 3. The van der Waals surface area contributed by atoms with Crippen LogP contribution >= 0.6 is 11.3 Å². The monoisotopic (exact) mass is 333 g/mol. The summed E-state index contributed by atoms with van der Waals surface area (Å²) >= 11 is 1.73. The second-order valence-corrected chi connectivity index (χ2v) is 7.06. The molecule has 1 aromatic carbocycles. The van der Waals surface area contributed by atoms with Crippen LogP contribution in [0.1, 0.15) is 20.3 Å². The predicted molar refractivity (Wildman–Crippen MR) is 94.2 cm³/mol. The molecule has 0 radical (unpaired) electrons. The molecular formula is C17H23N3O2S. The first-order valence-electron chi connectivity index (χ1n) is 8.10. The van der Waals surface area contributed by atoms with Crippen molar-refractivity contribution in [1.82, 2.24) is 9.88 Å². The van der Waals surface area contributed by atoms with Gasteiger partial charge in [-0.2, -0.15) is 0 Å². The van der Waals surface area contributed by atoms with Gasteiger partial charge in [0.05, 0.1) is 16.8 Å². The van der Waals surface area contributed by atoms with E-state index in [2.05, 4.69) is 31.0 Å². The van der Waals surface area contributed by atoms with E-state index >= 15 is 0 Å². The molecule has 1 saturated heterocycles. The molecule has 3 rings (SSSR count). The topological polar surface area (TPSA) is 45.7 Å². The van der Waals surface area contributed by atoms with Gasteiger partial charge >= 0.3 is 6.09 Å². The van der Waals surface area contributed by atoms with Gasteiger partial charge in [-0.05, 0) is 31.4 Å². The Morgan fingerprint density at radius 2 is 2.26 bits per heavy atom. The van der Waals surface area contributed by atoms with Crippen LogP contribution in [0.4, 0.5) is 9.93 Å². The minimum atomic E-state index is -0.194. The lowest BCUT2D eigenvalue weighted by molar-refractivity contribution is 0.0856.